The number of hydroxylamine groups is 2. The molecular formula is C7H16N3O+. The van der Waals surface area contributed by atoms with E-state index in [1.54, 1.807) is 0 Å². The van der Waals surface area contributed by atoms with Gasteiger partial charge in [0.25, 0.3) is 5.84 Å². The van der Waals surface area contributed by atoms with E-state index in [0.717, 1.165) is 0 Å². The van der Waals surface area contributed by atoms with E-state index >= 15 is 0 Å². The summed E-state index contributed by atoms with van der Waals surface area (Å²) < 4.78 is 0. The van der Waals surface area contributed by atoms with E-state index in [0.29, 0.717) is 5.84 Å². The zero-order valence-corrected chi connectivity index (χ0v) is 7.47. The standard InChI is InChI=1S/C7H15N3O/c1-6(2)5(8)9-7(3,4)10(6)11/h11H,1-4H3,(H2,8,9)/p+1. The van der Waals surface area contributed by atoms with Gasteiger partial charge in [-0.25, -0.2) is 0 Å². The van der Waals surface area contributed by atoms with E-state index in [4.69, 9.17) is 5.73 Å². The molecule has 0 aliphatic carbocycles. The number of amidine groups is 1. The van der Waals surface area contributed by atoms with Gasteiger partial charge in [-0.05, 0) is 27.7 Å². The summed E-state index contributed by atoms with van der Waals surface area (Å²) in [6.07, 6.45) is 0. The van der Waals surface area contributed by atoms with Crippen LogP contribution in [0.3, 0.4) is 0 Å². The Hall–Kier alpha value is -0.610. The first-order valence-corrected chi connectivity index (χ1v) is 3.69. The molecule has 0 aromatic heterocycles. The largest absolute Gasteiger partial charge is 0.309 e. The fourth-order valence-corrected chi connectivity index (χ4v) is 1.35. The Labute approximate surface area is 66.7 Å². The number of nitrogens with two attached hydrogens (primary N) is 1. The molecule has 0 amide bonds. The van der Waals surface area contributed by atoms with Gasteiger partial charge in [-0.2, -0.15) is 0 Å². The van der Waals surface area contributed by atoms with Crippen LogP contribution >= 0.6 is 0 Å². The minimum Gasteiger partial charge on any atom is -0.309 e. The van der Waals surface area contributed by atoms with Gasteiger partial charge in [0.1, 0.15) is 5.54 Å². The molecule has 0 aromatic rings. The van der Waals surface area contributed by atoms with E-state index in [1.807, 2.05) is 27.7 Å². The zero-order valence-electron chi connectivity index (χ0n) is 7.47. The van der Waals surface area contributed by atoms with Crippen LogP contribution < -0.4 is 10.7 Å². The fourth-order valence-electron chi connectivity index (χ4n) is 1.35. The third-order valence-corrected chi connectivity index (χ3v) is 2.16. The topological polar surface area (TPSA) is 63.5 Å². The van der Waals surface area contributed by atoms with Gasteiger partial charge < -0.3 is 5.21 Å². The van der Waals surface area contributed by atoms with Crippen LogP contribution in [0.4, 0.5) is 0 Å². The lowest BCUT2D eigenvalue weighted by atomic mass is 10.0. The minimum absolute atomic E-state index is 0.465. The third kappa shape index (κ3) is 1.02. The lowest BCUT2D eigenvalue weighted by Crippen LogP contribution is -2.86. The second-order valence-electron chi connectivity index (χ2n) is 3.97. The first kappa shape index (κ1) is 8.49. The zero-order chi connectivity index (χ0) is 8.86. The molecule has 1 aliphatic heterocycles. The molecule has 64 valence electrons. The first-order chi connectivity index (χ1) is 4.78. The van der Waals surface area contributed by atoms with E-state index in [-0.39, 0.29) is 0 Å². The van der Waals surface area contributed by atoms with Crippen LogP contribution in [0.1, 0.15) is 27.7 Å². The van der Waals surface area contributed by atoms with Crippen LogP contribution in [0.2, 0.25) is 0 Å². The average Bonchev–Trinajstić information content (AvgIpc) is 1.94. The van der Waals surface area contributed by atoms with Crippen molar-refractivity contribution in [1.29, 1.82) is 0 Å². The van der Waals surface area contributed by atoms with Gasteiger partial charge in [0.05, 0.1) is 0 Å². The molecule has 4 N–H and O–H groups in total. The molecule has 0 fully saturated rings. The second-order valence-corrected chi connectivity index (χ2v) is 3.97. The van der Waals surface area contributed by atoms with Crippen molar-refractivity contribution in [1.82, 2.24) is 5.06 Å². The van der Waals surface area contributed by atoms with E-state index in [2.05, 4.69) is 4.99 Å². The molecule has 0 unspecified atom stereocenters. The Morgan fingerprint density at radius 1 is 1.36 bits per heavy atom. The summed E-state index contributed by atoms with van der Waals surface area (Å²) in [5, 5.41) is 10.9. The van der Waals surface area contributed by atoms with Crippen LogP contribution in [0.15, 0.2) is 0 Å². The Bertz CT molecular complexity index is 208. The Kier molecular flexibility index (Phi) is 1.51. The lowest BCUT2D eigenvalue weighted by molar-refractivity contribution is -0.586. The van der Waals surface area contributed by atoms with E-state index in [9.17, 15) is 5.21 Å². The van der Waals surface area contributed by atoms with Crippen LogP contribution in [-0.2, 0) is 0 Å². The molecule has 1 aliphatic rings. The highest BCUT2D eigenvalue weighted by molar-refractivity contribution is 5.85. The van der Waals surface area contributed by atoms with Crippen molar-refractivity contribution >= 4 is 5.84 Å². The number of rotatable bonds is 0. The molecule has 0 spiro atoms. The van der Waals surface area contributed by atoms with Crippen LogP contribution in [0, 0.1) is 0 Å². The summed E-state index contributed by atoms with van der Waals surface area (Å²) in [5.74, 6) is 0.602. The molecule has 1 heterocycles. The maximum Gasteiger partial charge on any atom is 0.264 e. The van der Waals surface area contributed by atoms with Crippen molar-refractivity contribution in [3.05, 3.63) is 0 Å². The summed E-state index contributed by atoms with van der Waals surface area (Å²) in [4.78, 5) is 3.00. The van der Waals surface area contributed by atoms with Gasteiger partial charge in [0.15, 0.2) is 5.66 Å². The van der Waals surface area contributed by atoms with Crippen molar-refractivity contribution in [2.24, 2.45) is 5.73 Å². The Morgan fingerprint density at radius 3 is 1.91 bits per heavy atom. The highest BCUT2D eigenvalue weighted by Gasteiger charge is 2.50. The molecule has 0 saturated carbocycles. The molecule has 1 rings (SSSR count). The highest BCUT2D eigenvalue weighted by atomic mass is 16.5. The summed E-state index contributed by atoms with van der Waals surface area (Å²) in [5.41, 5.74) is 4.74. The predicted molar refractivity (Wildman–Crippen MR) is 41.9 cm³/mol. The van der Waals surface area contributed by atoms with Gasteiger partial charge in [-0.3, -0.25) is 10.7 Å². The normalized spacial score (nSPS) is 28.6. The maximum absolute atomic E-state index is 9.63. The molecule has 0 aromatic carbocycles. The van der Waals surface area contributed by atoms with Crippen molar-refractivity contribution in [3.63, 3.8) is 0 Å². The van der Waals surface area contributed by atoms with Crippen LogP contribution in [0.25, 0.3) is 0 Å². The lowest BCUT2D eigenvalue weighted by Gasteiger charge is -2.29. The average molecular weight is 158 g/mol. The monoisotopic (exact) mass is 158 g/mol. The van der Waals surface area contributed by atoms with Crippen molar-refractivity contribution < 1.29 is 10.2 Å². The molecule has 0 saturated heterocycles. The second kappa shape index (κ2) is 1.95. The Balaban J connectivity index is 3.04. The molecule has 11 heavy (non-hydrogen) atoms. The Morgan fingerprint density at radius 2 is 1.82 bits per heavy atom. The van der Waals surface area contributed by atoms with Gasteiger partial charge in [0, 0.05) is 0 Å². The van der Waals surface area contributed by atoms with Crippen molar-refractivity contribution in [2.45, 2.75) is 38.9 Å². The summed E-state index contributed by atoms with van der Waals surface area (Å²) in [6.45, 7) is 7.47. The summed E-state index contributed by atoms with van der Waals surface area (Å²) >= 11 is 0. The SMILES string of the molecule is CC1(C)[NH+]=C(N)C(C)(C)N1O. The third-order valence-electron chi connectivity index (χ3n) is 2.16. The number of nitrogens with one attached hydrogen (secondary N) is 1. The van der Waals surface area contributed by atoms with Gasteiger partial charge in [-0.15, -0.1) is 5.06 Å². The van der Waals surface area contributed by atoms with E-state index in [1.165, 1.54) is 5.06 Å². The van der Waals surface area contributed by atoms with Crippen LogP contribution in [-0.4, -0.2) is 27.3 Å². The van der Waals surface area contributed by atoms with Crippen molar-refractivity contribution in [2.75, 3.05) is 0 Å². The minimum atomic E-state index is -0.483. The maximum atomic E-state index is 9.63. The number of hydrogen-bond acceptors (Lipinski definition) is 3. The number of nitrogens with zero attached hydrogens (tertiary/aromatic N) is 1. The molecule has 0 bridgehead atoms. The molecule has 4 nitrogen and oxygen atoms in total. The van der Waals surface area contributed by atoms with Gasteiger partial charge in [-0.1, -0.05) is 0 Å². The first-order valence-electron chi connectivity index (χ1n) is 3.69. The molecule has 0 atom stereocenters. The summed E-state index contributed by atoms with van der Waals surface area (Å²) in [6, 6.07) is 0. The van der Waals surface area contributed by atoms with Gasteiger partial charge in [0.2, 0.25) is 0 Å². The van der Waals surface area contributed by atoms with Crippen molar-refractivity contribution in [3.8, 4) is 0 Å². The fraction of sp³-hybridized carbons (Fsp3) is 0.857. The van der Waals surface area contributed by atoms with E-state index < -0.39 is 11.2 Å². The predicted octanol–water partition coefficient (Wildman–Crippen LogP) is -1.36. The smallest absolute Gasteiger partial charge is 0.264 e. The summed E-state index contributed by atoms with van der Waals surface area (Å²) in [7, 11) is 0. The highest BCUT2D eigenvalue weighted by Crippen LogP contribution is 2.20. The quantitative estimate of drug-likeness (QED) is 0.408. The molecular weight excluding hydrogens is 142 g/mol. The van der Waals surface area contributed by atoms with Crippen LogP contribution in [0.5, 0.6) is 0 Å². The number of hydrogen-bond donors (Lipinski definition) is 3. The van der Waals surface area contributed by atoms with Gasteiger partial charge >= 0.3 is 0 Å². The molecule has 0 radical (unpaired) electrons. The molecule has 4 heteroatoms.